The van der Waals surface area contributed by atoms with Gasteiger partial charge in [0.05, 0.1) is 24.2 Å². The van der Waals surface area contributed by atoms with E-state index < -0.39 is 0 Å². The lowest BCUT2D eigenvalue weighted by atomic mass is 9.95. The first-order valence-electron chi connectivity index (χ1n) is 7.49. The Morgan fingerprint density at radius 1 is 1.43 bits per heavy atom. The quantitative estimate of drug-likeness (QED) is 0.875. The molecule has 112 valence electrons. The van der Waals surface area contributed by atoms with Gasteiger partial charge >= 0.3 is 0 Å². The normalized spacial score (nSPS) is 22.1. The zero-order chi connectivity index (χ0) is 15.0. The number of carbonyl (C=O) groups excluding carboxylic acids is 1. The molecular weight excluding hydrogens is 266 g/mol. The lowest BCUT2D eigenvalue weighted by Gasteiger charge is -2.12. The molecule has 2 heterocycles. The summed E-state index contributed by atoms with van der Waals surface area (Å²) in [6.45, 7) is 6.49. The third-order valence-electron chi connectivity index (χ3n) is 3.86. The molecule has 0 spiro atoms. The fourth-order valence-corrected chi connectivity index (χ4v) is 2.92. The van der Waals surface area contributed by atoms with Crippen molar-refractivity contribution in [3.63, 3.8) is 0 Å². The van der Waals surface area contributed by atoms with Crippen LogP contribution in [0, 0.1) is 5.92 Å². The molecule has 2 atom stereocenters. The van der Waals surface area contributed by atoms with E-state index in [1.807, 2.05) is 39.0 Å². The maximum absolute atomic E-state index is 12.8. The second-order valence-corrected chi connectivity index (χ2v) is 5.99. The number of ketones is 1. The van der Waals surface area contributed by atoms with Gasteiger partial charge in [0.15, 0.2) is 5.78 Å². The maximum Gasteiger partial charge on any atom is 0.170 e. The van der Waals surface area contributed by atoms with Crippen LogP contribution in [-0.4, -0.2) is 29.6 Å². The highest BCUT2D eigenvalue weighted by atomic mass is 16.5. The van der Waals surface area contributed by atoms with Gasteiger partial charge in [0, 0.05) is 23.2 Å². The molecule has 0 aliphatic carbocycles. The average molecular weight is 287 g/mol. The van der Waals surface area contributed by atoms with E-state index in [0.29, 0.717) is 12.2 Å². The predicted molar refractivity (Wildman–Crippen MR) is 81.9 cm³/mol. The van der Waals surface area contributed by atoms with Crippen LogP contribution in [0.15, 0.2) is 24.4 Å². The number of rotatable bonds is 4. The number of nitrogens with one attached hydrogen (secondary N) is 1. The van der Waals surface area contributed by atoms with E-state index in [2.05, 4.69) is 4.98 Å². The largest absolute Gasteiger partial charge is 0.490 e. The molecule has 1 aliphatic rings. The molecule has 21 heavy (non-hydrogen) atoms. The third-order valence-corrected chi connectivity index (χ3v) is 3.86. The van der Waals surface area contributed by atoms with Crippen molar-refractivity contribution in [3.8, 4) is 5.75 Å². The van der Waals surface area contributed by atoms with Crippen LogP contribution >= 0.6 is 0 Å². The van der Waals surface area contributed by atoms with Crippen LogP contribution in [0.3, 0.4) is 0 Å². The third kappa shape index (κ3) is 2.68. The van der Waals surface area contributed by atoms with E-state index >= 15 is 0 Å². The Hall–Kier alpha value is -1.81. The van der Waals surface area contributed by atoms with Crippen LogP contribution in [0.25, 0.3) is 10.9 Å². The van der Waals surface area contributed by atoms with Crippen LogP contribution in [0.1, 0.15) is 37.6 Å². The van der Waals surface area contributed by atoms with E-state index in [0.717, 1.165) is 23.1 Å². The van der Waals surface area contributed by atoms with Crippen molar-refractivity contribution in [2.75, 3.05) is 6.61 Å². The minimum Gasteiger partial charge on any atom is -0.490 e. The van der Waals surface area contributed by atoms with Gasteiger partial charge in [-0.15, -0.1) is 0 Å². The number of hydrogen-bond acceptors (Lipinski definition) is 3. The summed E-state index contributed by atoms with van der Waals surface area (Å²) in [5, 5.41) is 0.885. The lowest BCUT2D eigenvalue weighted by Crippen LogP contribution is -2.15. The van der Waals surface area contributed by atoms with Crippen molar-refractivity contribution in [2.45, 2.75) is 39.4 Å². The van der Waals surface area contributed by atoms with Gasteiger partial charge in [-0.1, -0.05) is 6.07 Å². The molecule has 0 bridgehead atoms. The van der Waals surface area contributed by atoms with Gasteiger partial charge in [-0.3, -0.25) is 4.79 Å². The van der Waals surface area contributed by atoms with Gasteiger partial charge in [0.2, 0.25) is 0 Å². The first kappa shape index (κ1) is 14.1. The molecule has 2 unspecified atom stereocenters. The summed E-state index contributed by atoms with van der Waals surface area (Å²) in [7, 11) is 0. The number of ether oxygens (including phenoxy) is 2. The van der Waals surface area contributed by atoms with Gasteiger partial charge in [-0.25, -0.2) is 0 Å². The number of benzene rings is 1. The Labute approximate surface area is 124 Å². The Bertz CT molecular complexity index is 659. The highest BCUT2D eigenvalue weighted by molar-refractivity contribution is 6.11. The minimum absolute atomic E-state index is 0.0499. The fourth-order valence-electron chi connectivity index (χ4n) is 2.92. The van der Waals surface area contributed by atoms with Gasteiger partial charge in [0.25, 0.3) is 0 Å². The Morgan fingerprint density at radius 2 is 2.24 bits per heavy atom. The molecule has 4 nitrogen and oxygen atoms in total. The van der Waals surface area contributed by atoms with E-state index in [4.69, 9.17) is 9.47 Å². The number of Topliss-reactive ketones (excluding diaryl/α,β-unsaturated/α-hetero) is 1. The number of carbonyl (C=O) groups is 1. The topological polar surface area (TPSA) is 51.3 Å². The molecule has 0 amide bonds. The molecule has 0 radical (unpaired) electrons. The molecule has 3 rings (SSSR count). The smallest absolute Gasteiger partial charge is 0.170 e. The van der Waals surface area contributed by atoms with Gasteiger partial charge in [0.1, 0.15) is 5.75 Å². The first-order valence-corrected chi connectivity index (χ1v) is 7.49. The van der Waals surface area contributed by atoms with Crippen LogP contribution in [0.5, 0.6) is 5.75 Å². The van der Waals surface area contributed by atoms with Crippen molar-refractivity contribution < 1.29 is 14.3 Å². The molecule has 1 aliphatic heterocycles. The van der Waals surface area contributed by atoms with Crippen molar-refractivity contribution in [2.24, 2.45) is 5.92 Å². The maximum atomic E-state index is 12.8. The standard InChI is InChI=1S/C17H21NO3/c1-10(2)21-15-6-4-5-14-16(15)13(8-18-14)17(19)12-7-11(3)20-9-12/h4-6,8,10-12,18H,7,9H2,1-3H3. The molecule has 1 N–H and O–H groups in total. The SMILES string of the molecule is CC(C)Oc1cccc2[nH]cc(C(=O)C3COC(C)C3)c12. The van der Waals surface area contributed by atoms with Crippen molar-refractivity contribution in [1.29, 1.82) is 0 Å². The molecule has 4 heteroatoms. The second-order valence-electron chi connectivity index (χ2n) is 5.99. The second kappa shape index (κ2) is 5.53. The van der Waals surface area contributed by atoms with Crippen molar-refractivity contribution in [3.05, 3.63) is 30.0 Å². The Kier molecular flexibility index (Phi) is 3.72. The van der Waals surface area contributed by atoms with E-state index in [1.165, 1.54) is 0 Å². The highest BCUT2D eigenvalue weighted by Crippen LogP contribution is 2.33. The summed E-state index contributed by atoms with van der Waals surface area (Å²) in [5.41, 5.74) is 1.65. The van der Waals surface area contributed by atoms with E-state index in [-0.39, 0.29) is 23.9 Å². The zero-order valence-corrected chi connectivity index (χ0v) is 12.7. The van der Waals surface area contributed by atoms with E-state index in [9.17, 15) is 4.79 Å². The molecule has 1 saturated heterocycles. The lowest BCUT2D eigenvalue weighted by molar-refractivity contribution is 0.0879. The number of H-pyrrole nitrogens is 1. The van der Waals surface area contributed by atoms with Gasteiger partial charge in [-0.05, 0) is 39.3 Å². The summed E-state index contributed by atoms with van der Waals surface area (Å²) in [5.74, 6) is 0.857. The summed E-state index contributed by atoms with van der Waals surface area (Å²) < 4.78 is 11.4. The molecular formula is C17H21NO3. The highest BCUT2D eigenvalue weighted by Gasteiger charge is 2.30. The number of aromatic amines is 1. The number of hydrogen-bond donors (Lipinski definition) is 1. The van der Waals surface area contributed by atoms with Gasteiger partial charge in [-0.2, -0.15) is 0 Å². The van der Waals surface area contributed by atoms with E-state index in [1.54, 1.807) is 6.20 Å². The summed E-state index contributed by atoms with van der Waals surface area (Å²) in [4.78, 5) is 15.9. The van der Waals surface area contributed by atoms with Crippen LogP contribution in [0.4, 0.5) is 0 Å². The Morgan fingerprint density at radius 3 is 2.90 bits per heavy atom. The predicted octanol–water partition coefficient (Wildman–Crippen LogP) is 3.56. The number of fused-ring (bicyclic) bond motifs is 1. The fraction of sp³-hybridized carbons (Fsp3) is 0.471. The van der Waals surface area contributed by atoms with Crippen LogP contribution in [0.2, 0.25) is 0 Å². The first-order chi connectivity index (χ1) is 10.1. The zero-order valence-electron chi connectivity index (χ0n) is 12.7. The average Bonchev–Trinajstić information content (AvgIpc) is 3.04. The molecule has 1 aromatic heterocycles. The number of aromatic nitrogens is 1. The van der Waals surface area contributed by atoms with Crippen LogP contribution < -0.4 is 4.74 Å². The van der Waals surface area contributed by atoms with Crippen LogP contribution in [-0.2, 0) is 4.74 Å². The minimum atomic E-state index is -0.0499. The molecule has 1 aromatic carbocycles. The molecule has 2 aromatic rings. The monoisotopic (exact) mass is 287 g/mol. The summed E-state index contributed by atoms with van der Waals surface area (Å²) >= 11 is 0. The molecule has 1 fully saturated rings. The van der Waals surface area contributed by atoms with Crippen molar-refractivity contribution in [1.82, 2.24) is 4.98 Å². The molecule has 0 saturated carbocycles. The summed E-state index contributed by atoms with van der Waals surface area (Å²) in [6.07, 6.45) is 2.82. The Balaban J connectivity index is 2.00. The van der Waals surface area contributed by atoms with Crippen molar-refractivity contribution >= 4 is 16.7 Å². The summed E-state index contributed by atoms with van der Waals surface area (Å²) in [6, 6.07) is 5.82. The van der Waals surface area contributed by atoms with Gasteiger partial charge < -0.3 is 14.5 Å².